The molecule has 1 aliphatic rings. The quantitative estimate of drug-likeness (QED) is 0.169. The molecule has 0 bridgehead atoms. The fourth-order valence-electron chi connectivity index (χ4n) is 5.97. The lowest BCUT2D eigenvalue weighted by molar-refractivity contribution is 0.103. The molecule has 1 atom stereocenters. The number of piperazine rings is 1. The summed E-state index contributed by atoms with van der Waals surface area (Å²) >= 11 is 0. The van der Waals surface area contributed by atoms with Crippen molar-refractivity contribution in [3.8, 4) is 17.2 Å². The average Bonchev–Trinajstić information content (AvgIpc) is 3.21. The molecular weight excluding hydrogens is 586 g/mol. The van der Waals surface area contributed by atoms with Crippen molar-refractivity contribution in [2.24, 2.45) is 0 Å². The Morgan fingerprint density at radius 3 is 2.17 bits per heavy atom. The van der Waals surface area contributed by atoms with Crippen LogP contribution in [-0.4, -0.2) is 56.8 Å². The van der Waals surface area contributed by atoms with E-state index in [1.807, 2.05) is 66.7 Å². The Labute approximate surface area is 270 Å². The van der Waals surface area contributed by atoms with E-state index in [0.29, 0.717) is 74.1 Å². The maximum atomic E-state index is 15.0. The van der Waals surface area contributed by atoms with Crippen molar-refractivity contribution >= 4 is 0 Å². The predicted octanol–water partition coefficient (Wildman–Crippen LogP) is 6.99. The third kappa shape index (κ3) is 7.92. The average molecular weight is 629 g/mol. The first-order chi connectivity index (χ1) is 22.3. The van der Waals surface area contributed by atoms with E-state index < -0.39 is 11.6 Å². The van der Waals surface area contributed by atoms with E-state index in [1.165, 1.54) is 6.07 Å². The van der Waals surface area contributed by atoms with E-state index >= 15 is 4.39 Å². The van der Waals surface area contributed by atoms with Crippen molar-refractivity contribution < 1.29 is 23.0 Å². The van der Waals surface area contributed by atoms with Gasteiger partial charge in [-0.1, -0.05) is 68.4 Å². The minimum Gasteiger partial charge on any atom is -0.493 e. The number of benzene rings is 3. The van der Waals surface area contributed by atoms with Crippen LogP contribution in [0.4, 0.5) is 8.78 Å². The SMILES string of the molecule is COc1ccc(CCOc2cc(C(C)C)ccc(CN3CCN(C(c4ccccc4)c4ccc(F)cc4F)CC3)c2=O)cc1OC. The van der Waals surface area contributed by atoms with E-state index in [-0.39, 0.29) is 17.4 Å². The Morgan fingerprint density at radius 1 is 0.761 bits per heavy atom. The van der Waals surface area contributed by atoms with Gasteiger partial charge in [-0.05, 0) is 46.9 Å². The van der Waals surface area contributed by atoms with Gasteiger partial charge in [-0.3, -0.25) is 14.6 Å². The van der Waals surface area contributed by atoms with Gasteiger partial charge in [0.1, 0.15) is 11.6 Å². The topological polar surface area (TPSA) is 51.2 Å². The number of methoxy groups -OCH3 is 2. The summed E-state index contributed by atoms with van der Waals surface area (Å²) in [6, 6.07) is 24.8. The molecule has 1 aliphatic heterocycles. The first-order valence-corrected chi connectivity index (χ1v) is 15.7. The molecule has 0 aromatic heterocycles. The summed E-state index contributed by atoms with van der Waals surface area (Å²) in [5.74, 6) is 0.736. The normalized spacial score (nSPS) is 14.7. The van der Waals surface area contributed by atoms with E-state index in [0.717, 1.165) is 22.8 Å². The zero-order chi connectivity index (χ0) is 32.6. The summed E-state index contributed by atoms with van der Waals surface area (Å²) in [5.41, 5.74) is 4.01. The lowest BCUT2D eigenvalue weighted by Crippen LogP contribution is -2.47. The fourth-order valence-corrected chi connectivity index (χ4v) is 5.97. The molecule has 1 saturated heterocycles. The van der Waals surface area contributed by atoms with Crippen LogP contribution in [0, 0.1) is 11.6 Å². The third-order valence-electron chi connectivity index (χ3n) is 8.59. The molecule has 0 N–H and O–H groups in total. The molecule has 0 aliphatic carbocycles. The minimum atomic E-state index is -0.591. The van der Waals surface area contributed by atoms with Gasteiger partial charge < -0.3 is 14.2 Å². The summed E-state index contributed by atoms with van der Waals surface area (Å²) in [4.78, 5) is 18.3. The molecule has 1 fully saturated rings. The van der Waals surface area contributed by atoms with Gasteiger partial charge in [0.2, 0.25) is 5.43 Å². The van der Waals surface area contributed by atoms with Crippen LogP contribution in [-0.2, 0) is 13.0 Å². The summed E-state index contributed by atoms with van der Waals surface area (Å²) in [6.45, 7) is 7.72. The molecule has 8 heteroatoms. The Morgan fingerprint density at radius 2 is 1.50 bits per heavy atom. The van der Waals surface area contributed by atoms with Gasteiger partial charge in [-0.2, -0.15) is 0 Å². The molecule has 0 spiro atoms. The van der Waals surface area contributed by atoms with Crippen molar-refractivity contribution in [2.45, 2.75) is 38.8 Å². The molecule has 6 nitrogen and oxygen atoms in total. The summed E-state index contributed by atoms with van der Waals surface area (Å²) in [5, 5.41) is 0. The van der Waals surface area contributed by atoms with Gasteiger partial charge in [-0.25, -0.2) is 8.78 Å². The van der Waals surface area contributed by atoms with Gasteiger partial charge >= 0.3 is 0 Å². The molecule has 1 heterocycles. The number of hydrogen-bond acceptors (Lipinski definition) is 6. The van der Waals surface area contributed by atoms with Crippen molar-refractivity contribution in [3.05, 3.63) is 135 Å². The van der Waals surface area contributed by atoms with Crippen LogP contribution < -0.4 is 19.6 Å². The molecule has 242 valence electrons. The predicted molar refractivity (Wildman–Crippen MR) is 177 cm³/mol. The molecule has 4 aromatic rings. The van der Waals surface area contributed by atoms with Crippen molar-refractivity contribution in [1.82, 2.24) is 9.80 Å². The number of ether oxygens (including phenoxy) is 3. The summed E-state index contributed by atoms with van der Waals surface area (Å²) in [7, 11) is 3.21. The highest BCUT2D eigenvalue weighted by Gasteiger charge is 2.29. The molecule has 0 saturated carbocycles. The molecule has 1 unspecified atom stereocenters. The van der Waals surface area contributed by atoms with Gasteiger partial charge in [0, 0.05) is 56.3 Å². The Bertz CT molecular complexity index is 1670. The molecule has 0 radical (unpaired) electrons. The van der Waals surface area contributed by atoms with Crippen LogP contribution in [0.3, 0.4) is 0 Å². The third-order valence-corrected chi connectivity index (χ3v) is 8.59. The lowest BCUT2D eigenvalue weighted by Gasteiger charge is -2.39. The number of halogens is 2. The van der Waals surface area contributed by atoms with E-state index in [1.54, 1.807) is 20.3 Å². The number of rotatable bonds is 12. The molecule has 46 heavy (non-hydrogen) atoms. The van der Waals surface area contributed by atoms with Crippen molar-refractivity contribution in [1.29, 1.82) is 0 Å². The van der Waals surface area contributed by atoms with Crippen LogP contribution in [0.15, 0.2) is 89.7 Å². The fraction of sp³-hybridized carbons (Fsp3) is 0.342. The molecule has 5 rings (SSSR count). The zero-order valence-corrected chi connectivity index (χ0v) is 27.0. The van der Waals surface area contributed by atoms with E-state index in [2.05, 4.69) is 23.6 Å². The van der Waals surface area contributed by atoms with E-state index in [4.69, 9.17) is 14.2 Å². The maximum absolute atomic E-state index is 15.0. The number of nitrogens with zero attached hydrogens (tertiary/aromatic N) is 2. The van der Waals surface area contributed by atoms with Gasteiger partial charge in [0.15, 0.2) is 17.2 Å². The standard InChI is InChI=1S/C38H42F2N2O4/c1-26(2)29-11-12-30(38(43)36(23-29)46-21-16-27-10-15-34(44-3)35(22-27)45-4)25-41-17-19-42(20-18-41)37(28-8-6-5-7-9-28)32-14-13-31(39)24-33(32)40/h5-15,22-24,26,37H,16-21,25H2,1-4H3. The largest absolute Gasteiger partial charge is 0.493 e. The lowest BCUT2D eigenvalue weighted by atomic mass is 9.95. The highest BCUT2D eigenvalue weighted by atomic mass is 19.1. The Hall–Kier alpha value is -4.27. The first-order valence-electron chi connectivity index (χ1n) is 15.7. The smallest absolute Gasteiger partial charge is 0.224 e. The van der Waals surface area contributed by atoms with Crippen molar-refractivity contribution in [3.63, 3.8) is 0 Å². The second kappa shape index (κ2) is 15.3. The number of hydrogen-bond donors (Lipinski definition) is 0. The second-order valence-corrected chi connectivity index (χ2v) is 11.9. The zero-order valence-electron chi connectivity index (χ0n) is 27.0. The Kier molecular flexibility index (Phi) is 11.0. The first kappa shape index (κ1) is 33.1. The monoisotopic (exact) mass is 628 g/mol. The summed E-state index contributed by atoms with van der Waals surface area (Å²) < 4.78 is 45.7. The molecule has 0 amide bonds. The van der Waals surface area contributed by atoms with Crippen LogP contribution in [0.2, 0.25) is 0 Å². The minimum absolute atomic E-state index is 0.114. The van der Waals surface area contributed by atoms with Crippen LogP contribution >= 0.6 is 0 Å². The van der Waals surface area contributed by atoms with Crippen molar-refractivity contribution in [2.75, 3.05) is 47.0 Å². The van der Waals surface area contributed by atoms with Crippen LogP contribution in [0.1, 0.15) is 53.6 Å². The van der Waals surface area contributed by atoms with Crippen LogP contribution in [0.25, 0.3) is 0 Å². The van der Waals surface area contributed by atoms with Crippen LogP contribution in [0.5, 0.6) is 17.2 Å². The van der Waals surface area contributed by atoms with E-state index in [9.17, 15) is 9.18 Å². The molecule has 4 aromatic carbocycles. The Balaban J connectivity index is 1.30. The highest BCUT2D eigenvalue weighted by Crippen LogP contribution is 2.32. The molecular formula is C38H42F2N2O4. The maximum Gasteiger partial charge on any atom is 0.224 e. The highest BCUT2D eigenvalue weighted by molar-refractivity contribution is 5.43. The van der Waals surface area contributed by atoms with Gasteiger partial charge in [0.25, 0.3) is 0 Å². The summed E-state index contributed by atoms with van der Waals surface area (Å²) in [6.07, 6.45) is 0.601. The van der Waals surface area contributed by atoms with Gasteiger partial charge in [-0.15, -0.1) is 0 Å². The van der Waals surface area contributed by atoms with Gasteiger partial charge in [0.05, 0.1) is 26.9 Å². The second-order valence-electron chi connectivity index (χ2n) is 11.9.